The van der Waals surface area contributed by atoms with Gasteiger partial charge in [-0.25, -0.2) is 0 Å². The zero-order chi connectivity index (χ0) is 12.3. The van der Waals surface area contributed by atoms with Crippen molar-refractivity contribution in [3.63, 3.8) is 0 Å². The second-order valence-electron chi connectivity index (χ2n) is 4.36. The molecular weight excluding hydrogens is 208 g/mol. The highest BCUT2D eigenvalue weighted by Crippen LogP contribution is 2.25. The molecule has 2 aromatic rings. The molecule has 0 aliphatic heterocycles. The van der Waals surface area contributed by atoms with Gasteiger partial charge in [-0.1, -0.05) is 55.5 Å². The molecule has 0 bridgehead atoms. The third-order valence-corrected chi connectivity index (χ3v) is 3.16. The molecule has 88 valence electrons. The molecule has 1 nitrogen and oxygen atoms in total. The van der Waals surface area contributed by atoms with Crippen LogP contribution in [-0.4, -0.2) is 5.11 Å². The van der Waals surface area contributed by atoms with Crippen LogP contribution in [0.5, 0.6) is 0 Å². The van der Waals surface area contributed by atoms with Gasteiger partial charge in [0.2, 0.25) is 0 Å². The molecule has 0 saturated carbocycles. The molecule has 1 N–H and O–H groups in total. The van der Waals surface area contributed by atoms with E-state index in [1.54, 1.807) is 0 Å². The smallest absolute Gasteiger partial charge is 0.104 e. The summed E-state index contributed by atoms with van der Waals surface area (Å²) in [5.74, 6) is 0. The van der Waals surface area contributed by atoms with Crippen LogP contribution in [0.3, 0.4) is 0 Å². The van der Waals surface area contributed by atoms with Crippen molar-refractivity contribution >= 4 is 0 Å². The van der Waals surface area contributed by atoms with Crippen LogP contribution >= 0.6 is 0 Å². The van der Waals surface area contributed by atoms with E-state index in [2.05, 4.69) is 19.1 Å². The number of aliphatic hydroxyl groups is 1. The van der Waals surface area contributed by atoms with Gasteiger partial charge >= 0.3 is 0 Å². The molecule has 0 aromatic heterocycles. The number of benzene rings is 2. The van der Waals surface area contributed by atoms with Crippen LogP contribution in [0.25, 0.3) is 0 Å². The van der Waals surface area contributed by atoms with Crippen LogP contribution in [0.15, 0.2) is 48.5 Å². The fourth-order valence-corrected chi connectivity index (χ4v) is 2.06. The Bertz CT molecular complexity index is 502. The third-order valence-electron chi connectivity index (χ3n) is 3.16. The molecule has 0 fully saturated rings. The van der Waals surface area contributed by atoms with Gasteiger partial charge in [0.1, 0.15) is 6.10 Å². The highest BCUT2D eigenvalue weighted by Gasteiger charge is 2.12. The van der Waals surface area contributed by atoms with Crippen LogP contribution in [0.4, 0.5) is 0 Å². The lowest BCUT2D eigenvalue weighted by Gasteiger charge is -2.14. The molecule has 1 atom stereocenters. The molecule has 0 aliphatic rings. The standard InChI is InChI=1S/C16H18O/c1-3-13-8-6-9-14(11-13)16(17)15-10-5-4-7-12(15)2/h4-11,16-17H,3H2,1-2H3. The molecule has 0 saturated heterocycles. The van der Waals surface area contributed by atoms with E-state index in [9.17, 15) is 5.11 Å². The Morgan fingerprint density at radius 3 is 2.53 bits per heavy atom. The van der Waals surface area contributed by atoms with Gasteiger partial charge in [-0.05, 0) is 35.6 Å². The fraction of sp³-hybridized carbons (Fsp3) is 0.250. The lowest BCUT2D eigenvalue weighted by atomic mass is 9.96. The predicted molar refractivity (Wildman–Crippen MR) is 71.1 cm³/mol. The molecule has 0 radical (unpaired) electrons. The fourth-order valence-electron chi connectivity index (χ4n) is 2.06. The predicted octanol–water partition coefficient (Wildman–Crippen LogP) is 3.64. The summed E-state index contributed by atoms with van der Waals surface area (Å²) < 4.78 is 0. The average molecular weight is 226 g/mol. The largest absolute Gasteiger partial charge is 0.384 e. The summed E-state index contributed by atoms with van der Waals surface area (Å²) in [6.45, 7) is 4.15. The Morgan fingerprint density at radius 1 is 1.06 bits per heavy atom. The zero-order valence-corrected chi connectivity index (χ0v) is 10.4. The van der Waals surface area contributed by atoms with Crippen LogP contribution < -0.4 is 0 Å². The van der Waals surface area contributed by atoms with Gasteiger partial charge in [-0.15, -0.1) is 0 Å². The minimum absolute atomic E-state index is 0.525. The van der Waals surface area contributed by atoms with Gasteiger partial charge in [-0.3, -0.25) is 0 Å². The zero-order valence-electron chi connectivity index (χ0n) is 10.4. The van der Waals surface area contributed by atoms with Gasteiger partial charge in [0.15, 0.2) is 0 Å². The first-order valence-corrected chi connectivity index (χ1v) is 6.04. The number of hydrogen-bond donors (Lipinski definition) is 1. The lowest BCUT2D eigenvalue weighted by Crippen LogP contribution is -2.02. The van der Waals surface area contributed by atoms with E-state index >= 15 is 0 Å². The number of rotatable bonds is 3. The average Bonchev–Trinajstić information content (AvgIpc) is 2.38. The van der Waals surface area contributed by atoms with E-state index in [0.29, 0.717) is 0 Å². The molecule has 1 unspecified atom stereocenters. The molecule has 2 aromatic carbocycles. The first-order valence-electron chi connectivity index (χ1n) is 6.04. The van der Waals surface area contributed by atoms with E-state index in [4.69, 9.17) is 0 Å². The monoisotopic (exact) mass is 226 g/mol. The minimum Gasteiger partial charge on any atom is -0.384 e. The Labute approximate surface area is 103 Å². The normalized spacial score (nSPS) is 12.4. The molecule has 17 heavy (non-hydrogen) atoms. The van der Waals surface area contributed by atoms with Crippen molar-refractivity contribution in [2.45, 2.75) is 26.4 Å². The second-order valence-corrected chi connectivity index (χ2v) is 4.36. The topological polar surface area (TPSA) is 20.2 Å². The van der Waals surface area contributed by atoms with E-state index in [1.165, 1.54) is 5.56 Å². The Morgan fingerprint density at radius 2 is 1.82 bits per heavy atom. The van der Waals surface area contributed by atoms with Gasteiger partial charge in [-0.2, -0.15) is 0 Å². The van der Waals surface area contributed by atoms with Crippen molar-refractivity contribution in [3.05, 3.63) is 70.8 Å². The molecule has 0 amide bonds. The third kappa shape index (κ3) is 2.56. The number of hydrogen-bond acceptors (Lipinski definition) is 1. The second kappa shape index (κ2) is 5.15. The highest BCUT2D eigenvalue weighted by atomic mass is 16.3. The summed E-state index contributed by atoms with van der Waals surface area (Å²) in [6, 6.07) is 16.1. The number of aliphatic hydroxyl groups excluding tert-OH is 1. The SMILES string of the molecule is CCc1cccc(C(O)c2ccccc2C)c1. The highest BCUT2D eigenvalue weighted by molar-refractivity contribution is 5.36. The van der Waals surface area contributed by atoms with E-state index in [0.717, 1.165) is 23.1 Å². The van der Waals surface area contributed by atoms with Crippen molar-refractivity contribution in [2.75, 3.05) is 0 Å². The molecule has 0 aliphatic carbocycles. The maximum atomic E-state index is 10.4. The Hall–Kier alpha value is -1.60. The summed E-state index contributed by atoms with van der Waals surface area (Å²) in [4.78, 5) is 0. The molecule has 0 heterocycles. The maximum absolute atomic E-state index is 10.4. The van der Waals surface area contributed by atoms with Crippen molar-refractivity contribution < 1.29 is 5.11 Å². The Balaban J connectivity index is 2.37. The van der Waals surface area contributed by atoms with Gasteiger partial charge in [0.05, 0.1) is 0 Å². The van der Waals surface area contributed by atoms with Gasteiger partial charge in [0, 0.05) is 0 Å². The van der Waals surface area contributed by atoms with Crippen LogP contribution in [0, 0.1) is 6.92 Å². The van der Waals surface area contributed by atoms with Crippen LogP contribution in [0.1, 0.15) is 35.3 Å². The van der Waals surface area contributed by atoms with Gasteiger partial charge < -0.3 is 5.11 Å². The molecule has 0 spiro atoms. The summed E-state index contributed by atoms with van der Waals surface area (Å²) in [5.41, 5.74) is 4.34. The van der Waals surface area contributed by atoms with Crippen molar-refractivity contribution in [1.82, 2.24) is 0 Å². The molecular formula is C16H18O. The van der Waals surface area contributed by atoms with Crippen molar-refractivity contribution in [1.29, 1.82) is 0 Å². The molecule has 1 heteroatoms. The first-order chi connectivity index (χ1) is 8.22. The summed E-state index contributed by atoms with van der Waals surface area (Å²) >= 11 is 0. The summed E-state index contributed by atoms with van der Waals surface area (Å²) in [5, 5.41) is 10.4. The van der Waals surface area contributed by atoms with E-state index < -0.39 is 6.10 Å². The van der Waals surface area contributed by atoms with Crippen LogP contribution in [-0.2, 0) is 6.42 Å². The quantitative estimate of drug-likeness (QED) is 0.847. The van der Waals surface area contributed by atoms with E-state index in [1.807, 2.05) is 43.3 Å². The van der Waals surface area contributed by atoms with Crippen molar-refractivity contribution in [3.8, 4) is 0 Å². The first kappa shape index (κ1) is 11.9. The molecule has 2 rings (SSSR count). The van der Waals surface area contributed by atoms with E-state index in [-0.39, 0.29) is 0 Å². The van der Waals surface area contributed by atoms with Gasteiger partial charge in [0.25, 0.3) is 0 Å². The van der Waals surface area contributed by atoms with Crippen molar-refractivity contribution in [2.24, 2.45) is 0 Å². The summed E-state index contributed by atoms with van der Waals surface area (Å²) in [7, 11) is 0. The maximum Gasteiger partial charge on any atom is 0.104 e. The van der Waals surface area contributed by atoms with Crippen LogP contribution in [0.2, 0.25) is 0 Å². The number of aryl methyl sites for hydroxylation is 2. The summed E-state index contributed by atoms with van der Waals surface area (Å²) in [6.07, 6.45) is 0.469. The Kier molecular flexibility index (Phi) is 3.60. The lowest BCUT2D eigenvalue weighted by molar-refractivity contribution is 0.219. The minimum atomic E-state index is -0.525.